The molecule has 1 heteroatoms. The number of allylic oxidation sites excluding steroid dienone is 1. The van der Waals surface area contributed by atoms with E-state index in [0.29, 0.717) is 5.16 Å². The summed E-state index contributed by atoms with van der Waals surface area (Å²) in [6.45, 7) is 14.4. The molecule has 0 aromatic heterocycles. The summed E-state index contributed by atoms with van der Waals surface area (Å²) in [6, 6.07) is 0. The standard InChI is InChI=1S/C12H25P/c1-10(2)11-7-8-13(6,9-11)12(3,4)5/h9-10,13H,7-8H2,1-6H3. The van der Waals surface area contributed by atoms with Crippen molar-refractivity contribution in [1.82, 2.24) is 0 Å². The molecular formula is C12H25P. The van der Waals surface area contributed by atoms with Gasteiger partial charge in [0.25, 0.3) is 0 Å². The maximum atomic E-state index is 2.68. The van der Waals surface area contributed by atoms with E-state index in [1.54, 1.807) is 5.57 Å². The molecule has 1 rings (SSSR count). The minimum absolute atomic E-state index is 0.545. The van der Waals surface area contributed by atoms with Crippen molar-refractivity contribution in [2.45, 2.75) is 46.2 Å². The minimum atomic E-state index is -1.08. The van der Waals surface area contributed by atoms with Gasteiger partial charge in [0.15, 0.2) is 0 Å². The van der Waals surface area contributed by atoms with Crippen LogP contribution in [0.1, 0.15) is 41.0 Å². The normalized spacial score (nSPS) is 24.7. The van der Waals surface area contributed by atoms with E-state index >= 15 is 0 Å². The molecule has 0 aromatic carbocycles. The molecule has 1 aliphatic rings. The van der Waals surface area contributed by atoms with Gasteiger partial charge in [0.2, 0.25) is 0 Å². The zero-order valence-corrected chi connectivity index (χ0v) is 11.1. The van der Waals surface area contributed by atoms with Crippen molar-refractivity contribution in [3.63, 3.8) is 0 Å². The molecule has 0 aromatic rings. The Balaban J connectivity index is 2.87. The molecule has 0 spiro atoms. The first-order valence-electron chi connectivity index (χ1n) is 5.48. The second-order valence-electron chi connectivity index (χ2n) is 6.04. The Morgan fingerprint density at radius 3 is 2.08 bits per heavy atom. The number of hydrogen-bond acceptors (Lipinski definition) is 0. The summed E-state index contributed by atoms with van der Waals surface area (Å²) in [7, 11) is -1.08. The van der Waals surface area contributed by atoms with Crippen LogP contribution in [0.15, 0.2) is 11.4 Å². The van der Waals surface area contributed by atoms with Gasteiger partial charge in [-0.15, -0.1) is 0 Å². The third-order valence-electron chi connectivity index (χ3n) is 3.89. The zero-order chi connectivity index (χ0) is 10.3. The van der Waals surface area contributed by atoms with Crippen LogP contribution in [0.25, 0.3) is 0 Å². The molecule has 0 aliphatic carbocycles. The zero-order valence-electron chi connectivity index (χ0n) is 10.1. The Hall–Kier alpha value is 0.170. The fourth-order valence-corrected chi connectivity index (χ4v) is 5.44. The summed E-state index contributed by atoms with van der Waals surface area (Å²) in [5, 5.41) is 0.545. The van der Waals surface area contributed by atoms with Crippen molar-refractivity contribution in [1.29, 1.82) is 0 Å². The predicted molar refractivity (Wildman–Crippen MR) is 66.4 cm³/mol. The van der Waals surface area contributed by atoms with Crippen LogP contribution in [0.4, 0.5) is 0 Å². The van der Waals surface area contributed by atoms with E-state index in [0.717, 1.165) is 5.92 Å². The average Bonchev–Trinajstić information content (AvgIpc) is 2.31. The summed E-state index contributed by atoms with van der Waals surface area (Å²) in [6.07, 6.45) is 2.85. The molecule has 0 bridgehead atoms. The average molecular weight is 200 g/mol. The summed E-state index contributed by atoms with van der Waals surface area (Å²) in [4.78, 5) is 0. The van der Waals surface area contributed by atoms with Crippen molar-refractivity contribution in [2.24, 2.45) is 5.92 Å². The SMILES string of the molecule is CC(C)C1=C[PH](C)(C(C)(C)C)CC1. The third-order valence-corrected chi connectivity index (χ3v) is 9.62. The first-order chi connectivity index (χ1) is 5.76. The van der Waals surface area contributed by atoms with E-state index in [4.69, 9.17) is 0 Å². The summed E-state index contributed by atoms with van der Waals surface area (Å²) in [5.41, 5.74) is 1.73. The van der Waals surface area contributed by atoms with Gasteiger partial charge in [-0.1, -0.05) is 0 Å². The molecule has 13 heavy (non-hydrogen) atoms. The predicted octanol–water partition coefficient (Wildman–Crippen LogP) is 4.11. The Labute approximate surface area is 84.1 Å². The van der Waals surface area contributed by atoms with Crippen LogP contribution in [0.3, 0.4) is 0 Å². The Bertz CT molecular complexity index is 220. The fourth-order valence-electron chi connectivity index (χ4n) is 2.00. The van der Waals surface area contributed by atoms with E-state index < -0.39 is 7.26 Å². The van der Waals surface area contributed by atoms with E-state index in [9.17, 15) is 0 Å². The van der Waals surface area contributed by atoms with Gasteiger partial charge >= 0.3 is 83.6 Å². The summed E-state index contributed by atoms with van der Waals surface area (Å²) < 4.78 is 0. The molecule has 0 radical (unpaired) electrons. The Kier molecular flexibility index (Phi) is 2.93. The fraction of sp³-hybridized carbons (Fsp3) is 0.833. The number of hydrogen-bond donors (Lipinski definition) is 0. The molecule has 1 aliphatic heterocycles. The van der Waals surface area contributed by atoms with Crippen LogP contribution in [0.2, 0.25) is 0 Å². The first-order valence-corrected chi connectivity index (χ1v) is 8.26. The van der Waals surface area contributed by atoms with Crippen LogP contribution in [0, 0.1) is 5.92 Å². The van der Waals surface area contributed by atoms with Gasteiger partial charge in [-0.25, -0.2) is 0 Å². The van der Waals surface area contributed by atoms with Gasteiger partial charge in [0, 0.05) is 0 Å². The monoisotopic (exact) mass is 200 g/mol. The van der Waals surface area contributed by atoms with Gasteiger partial charge in [-0.3, -0.25) is 0 Å². The van der Waals surface area contributed by atoms with Crippen molar-refractivity contribution in [2.75, 3.05) is 12.8 Å². The quantitative estimate of drug-likeness (QED) is 0.559. The third kappa shape index (κ3) is 2.15. The maximum absolute atomic E-state index is 2.68. The van der Waals surface area contributed by atoms with Gasteiger partial charge in [-0.2, -0.15) is 0 Å². The van der Waals surface area contributed by atoms with Gasteiger partial charge in [-0.05, 0) is 0 Å². The Morgan fingerprint density at radius 2 is 1.85 bits per heavy atom. The molecule has 78 valence electrons. The van der Waals surface area contributed by atoms with Gasteiger partial charge < -0.3 is 0 Å². The number of rotatable bonds is 1. The molecule has 0 amide bonds. The van der Waals surface area contributed by atoms with Crippen molar-refractivity contribution >= 4 is 7.26 Å². The molecule has 0 saturated carbocycles. The van der Waals surface area contributed by atoms with Crippen LogP contribution in [0.5, 0.6) is 0 Å². The van der Waals surface area contributed by atoms with Gasteiger partial charge in [0.1, 0.15) is 0 Å². The summed E-state index contributed by atoms with van der Waals surface area (Å²) >= 11 is 0. The van der Waals surface area contributed by atoms with Crippen LogP contribution < -0.4 is 0 Å². The molecule has 0 nitrogen and oxygen atoms in total. The topological polar surface area (TPSA) is 0 Å². The first kappa shape index (κ1) is 11.2. The second-order valence-corrected chi connectivity index (χ2v) is 11.2. The molecule has 0 atom stereocenters. The molecular weight excluding hydrogens is 175 g/mol. The molecule has 0 N–H and O–H groups in total. The van der Waals surface area contributed by atoms with Crippen molar-refractivity contribution in [3.8, 4) is 0 Å². The van der Waals surface area contributed by atoms with E-state index in [1.165, 1.54) is 12.6 Å². The Morgan fingerprint density at radius 1 is 1.31 bits per heavy atom. The molecule has 0 unspecified atom stereocenters. The summed E-state index contributed by atoms with van der Waals surface area (Å²) in [5.74, 6) is 3.45. The van der Waals surface area contributed by atoms with Crippen LogP contribution in [-0.2, 0) is 0 Å². The van der Waals surface area contributed by atoms with E-state index in [2.05, 4.69) is 47.1 Å². The second kappa shape index (κ2) is 3.39. The molecule has 1 heterocycles. The molecule has 0 saturated heterocycles. The van der Waals surface area contributed by atoms with Gasteiger partial charge in [0.05, 0.1) is 0 Å². The van der Waals surface area contributed by atoms with Crippen molar-refractivity contribution in [3.05, 3.63) is 11.4 Å². The van der Waals surface area contributed by atoms with Crippen molar-refractivity contribution < 1.29 is 0 Å². The molecule has 0 fully saturated rings. The van der Waals surface area contributed by atoms with Crippen LogP contribution >= 0.6 is 7.26 Å². The van der Waals surface area contributed by atoms with E-state index in [-0.39, 0.29) is 0 Å². The van der Waals surface area contributed by atoms with E-state index in [1.807, 2.05) is 0 Å². The van der Waals surface area contributed by atoms with Crippen LogP contribution in [-0.4, -0.2) is 18.0 Å².